The van der Waals surface area contributed by atoms with Crippen LogP contribution in [0.25, 0.3) is 0 Å². The van der Waals surface area contributed by atoms with E-state index in [1.807, 2.05) is 0 Å². The summed E-state index contributed by atoms with van der Waals surface area (Å²) < 4.78 is 0. The zero-order valence-electron chi connectivity index (χ0n) is 7.85. The molecule has 0 aromatic heterocycles. The van der Waals surface area contributed by atoms with Crippen LogP contribution in [-0.2, 0) is 0 Å². The molecular formula is C10H21. The topological polar surface area (TPSA) is 0 Å². The van der Waals surface area contributed by atoms with Gasteiger partial charge in [0, 0.05) is 0 Å². The first kappa shape index (κ1) is 10.0. The van der Waals surface area contributed by atoms with Crippen molar-refractivity contribution in [2.45, 2.75) is 47.0 Å². The molecule has 0 aliphatic heterocycles. The summed E-state index contributed by atoms with van der Waals surface area (Å²) in [7, 11) is 0. The lowest BCUT2D eigenvalue weighted by molar-refractivity contribution is 0.446. The Labute approximate surface area is 66.0 Å². The largest absolute Gasteiger partial charge is 0.0628 e. The fourth-order valence-corrected chi connectivity index (χ4v) is 1.14. The normalized spacial score (nSPS) is 14.1. The van der Waals surface area contributed by atoms with Crippen molar-refractivity contribution in [1.29, 1.82) is 0 Å². The standard InChI is InChI=1S/C10H21/c1-5-6-10(4)8-7-9(2)3/h5,9-10H,6-8H2,1-4H3. The highest BCUT2D eigenvalue weighted by Crippen LogP contribution is 2.15. The van der Waals surface area contributed by atoms with Gasteiger partial charge in [-0.15, -0.1) is 0 Å². The van der Waals surface area contributed by atoms with E-state index in [1.54, 1.807) is 0 Å². The van der Waals surface area contributed by atoms with Gasteiger partial charge in [-0.3, -0.25) is 0 Å². The number of hydrogen-bond donors (Lipinski definition) is 0. The molecule has 10 heavy (non-hydrogen) atoms. The second-order valence-electron chi connectivity index (χ2n) is 3.72. The van der Waals surface area contributed by atoms with Crippen LogP contribution in [0, 0.1) is 18.3 Å². The van der Waals surface area contributed by atoms with E-state index < -0.39 is 0 Å². The lowest BCUT2D eigenvalue weighted by Crippen LogP contribution is -1.97. The SMILES string of the molecule is C[CH]CC(C)CCC(C)C. The molecule has 0 rings (SSSR count). The Kier molecular flexibility index (Phi) is 5.76. The Balaban J connectivity index is 3.12. The summed E-state index contributed by atoms with van der Waals surface area (Å²) in [6.45, 7) is 9.07. The van der Waals surface area contributed by atoms with Crippen LogP contribution in [0.2, 0.25) is 0 Å². The van der Waals surface area contributed by atoms with Crippen LogP contribution in [0.1, 0.15) is 47.0 Å². The third-order valence-electron chi connectivity index (χ3n) is 1.87. The van der Waals surface area contributed by atoms with Crippen molar-refractivity contribution in [3.05, 3.63) is 6.42 Å². The molecule has 0 fully saturated rings. The maximum Gasteiger partial charge on any atom is -0.0414 e. The molecule has 0 aromatic carbocycles. The quantitative estimate of drug-likeness (QED) is 0.548. The lowest BCUT2D eigenvalue weighted by atomic mass is 9.96. The molecular weight excluding hydrogens is 120 g/mol. The van der Waals surface area contributed by atoms with Gasteiger partial charge in [-0.05, 0) is 24.7 Å². The molecule has 0 bridgehead atoms. The maximum atomic E-state index is 2.34. The molecule has 0 saturated carbocycles. The van der Waals surface area contributed by atoms with E-state index in [0.29, 0.717) is 0 Å². The summed E-state index contributed by atoms with van der Waals surface area (Å²) in [4.78, 5) is 0. The predicted octanol–water partition coefficient (Wildman–Crippen LogP) is 3.67. The first-order valence-electron chi connectivity index (χ1n) is 4.44. The summed E-state index contributed by atoms with van der Waals surface area (Å²) in [5, 5.41) is 0. The Morgan fingerprint density at radius 2 is 1.70 bits per heavy atom. The molecule has 0 N–H and O–H groups in total. The Hall–Kier alpha value is 0. The van der Waals surface area contributed by atoms with Crippen molar-refractivity contribution in [2.75, 3.05) is 0 Å². The minimum atomic E-state index is 0.874. The smallest absolute Gasteiger partial charge is 0.0414 e. The van der Waals surface area contributed by atoms with Crippen molar-refractivity contribution < 1.29 is 0 Å². The minimum absolute atomic E-state index is 0.874. The van der Waals surface area contributed by atoms with Gasteiger partial charge in [0.05, 0.1) is 0 Å². The average molecular weight is 141 g/mol. The van der Waals surface area contributed by atoms with Gasteiger partial charge in [0.15, 0.2) is 0 Å². The summed E-state index contributed by atoms with van der Waals surface area (Å²) in [6.07, 6.45) is 6.33. The molecule has 0 nitrogen and oxygen atoms in total. The van der Waals surface area contributed by atoms with E-state index in [4.69, 9.17) is 0 Å². The maximum absolute atomic E-state index is 2.34. The fourth-order valence-electron chi connectivity index (χ4n) is 1.14. The molecule has 1 radical (unpaired) electrons. The second-order valence-corrected chi connectivity index (χ2v) is 3.72. The van der Waals surface area contributed by atoms with Crippen LogP contribution >= 0.6 is 0 Å². The minimum Gasteiger partial charge on any atom is -0.0628 e. The molecule has 0 saturated heterocycles. The van der Waals surface area contributed by atoms with Gasteiger partial charge in [-0.25, -0.2) is 0 Å². The van der Waals surface area contributed by atoms with Crippen molar-refractivity contribution in [3.63, 3.8) is 0 Å². The van der Waals surface area contributed by atoms with Crippen LogP contribution in [-0.4, -0.2) is 0 Å². The predicted molar refractivity (Wildman–Crippen MR) is 47.8 cm³/mol. The van der Waals surface area contributed by atoms with Crippen LogP contribution in [0.5, 0.6) is 0 Å². The highest BCUT2D eigenvalue weighted by Gasteiger charge is 2.01. The molecule has 0 heteroatoms. The molecule has 1 atom stereocenters. The molecule has 0 spiro atoms. The van der Waals surface area contributed by atoms with Crippen LogP contribution in [0.3, 0.4) is 0 Å². The second kappa shape index (κ2) is 5.76. The van der Waals surface area contributed by atoms with E-state index in [9.17, 15) is 0 Å². The van der Waals surface area contributed by atoms with Crippen molar-refractivity contribution in [2.24, 2.45) is 11.8 Å². The lowest BCUT2D eigenvalue weighted by Gasteiger charge is -2.10. The van der Waals surface area contributed by atoms with Gasteiger partial charge in [0.1, 0.15) is 0 Å². The summed E-state index contributed by atoms with van der Waals surface area (Å²) in [5.41, 5.74) is 0. The van der Waals surface area contributed by atoms with Crippen molar-refractivity contribution in [1.82, 2.24) is 0 Å². The average Bonchev–Trinajstić information content (AvgIpc) is 1.85. The highest BCUT2D eigenvalue weighted by atomic mass is 14.1. The van der Waals surface area contributed by atoms with E-state index in [2.05, 4.69) is 34.1 Å². The Bertz CT molecular complexity index is 64.4. The van der Waals surface area contributed by atoms with Gasteiger partial charge in [0.2, 0.25) is 0 Å². The molecule has 1 unspecified atom stereocenters. The molecule has 0 heterocycles. The van der Waals surface area contributed by atoms with Gasteiger partial charge in [-0.1, -0.05) is 40.5 Å². The Morgan fingerprint density at radius 3 is 2.10 bits per heavy atom. The van der Waals surface area contributed by atoms with Gasteiger partial charge < -0.3 is 0 Å². The summed E-state index contributed by atoms with van der Waals surface area (Å²) >= 11 is 0. The van der Waals surface area contributed by atoms with E-state index in [0.717, 1.165) is 11.8 Å². The summed E-state index contributed by atoms with van der Waals surface area (Å²) in [6, 6.07) is 0. The van der Waals surface area contributed by atoms with Crippen LogP contribution < -0.4 is 0 Å². The van der Waals surface area contributed by atoms with Gasteiger partial charge in [-0.2, -0.15) is 0 Å². The summed E-state index contributed by atoms with van der Waals surface area (Å²) in [5.74, 6) is 1.77. The molecule has 0 amide bonds. The third kappa shape index (κ3) is 6.12. The Morgan fingerprint density at radius 1 is 1.10 bits per heavy atom. The monoisotopic (exact) mass is 141 g/mol. The van der Waals surface area contributed by atoms with Gasteiger partial charge in [0.25, 0.3) is 0 Å². The van der Waals surface area contributed by atoms with E-state index in [-0.39, 0.29) is 0 Å². The van der Waals surface area contributed by atoms with Crippen LogP contribution in [0.4, 0.5) is 0 Å². The number of rotatable bonds is 5. The zero-order chi connectivity index (χ0) is 7.98. The van der Waals surface area contributed by atoms with Crippen molar-refractivity contribution in [3.8, 4) is 0 Å². The first-order chi connectivity index (χ1) is 4.66. The third-order valence-corrected chi connectivity index (χ3v) is 1.87. The molecule has 0 aromatic rings. The molecule has 0 aliphatic carbocycles. The molecule has 0 aliphatic rings. The molecule has 61 valence electrons. The highest BCUT2D eigenvalue weighted by molar-refractivity contribution is 4.63. The van der Waals surface area contributed by atoms with Crippen LogP contribution in [0.15, 0.2) is 0 Å². The van der Waals surface area contributed by atoms with Gasteiger partial charge >= 0.3 is 0 Å². The van der Waals surface area contributed by atoms with E-state index >= 15 is 0 Å². The van der Waals surface area contributed by atoms with Crippen molar-refractivity contribution >= 4 is 0 Å². The first-order valence-corrected chi connectivity index (χ1v) is 4.44. The zero-order valence-corrected chi connectivity index (χ0v) is 7.85. The fraction of sp³-hybridized carbons (Fsp3) is 0.900. The number of hydrogen-bond acceptors (Lipinski definition) is 0. The van der Waals surface area contributed by atoms with E-state index in [1.165, 1.54) is 19.3 Å².